The molecule has 18 heavy (non-hydrogen) atoms. The number of nitrogens with one attached hydrogen (secondary N) is 1. The zero-order chi connectivity index (χ0) is 12.4. The molecule has 2 heterocycles. The molecule has 1 unspecified atom stereocenters. The molecule has 0 amide bonds. The minimum absolute atomic E-state index is 0.764. The fourth-order valence-electron chi connectivity index (χ4n) is 2.75. The van der Waals surface area contributed by atoms with Gasteiger partial charge in [0.1, 0.15) is 5.82 Å². The van der Waals surface area contributed by atoms with Crippen molar-refractivity contribution in [1.82, 2.24) is 10.3 Å². The standard InChI is InChI=1S/C15H23N3/c1-2-12-7-9-18(11-12)15-13(4-3-8-16-15)10-17-14-5-6-14/h3-4,8,12,14,17H,2,5-7,9-11H2,1H3. The molecule has 3 nitrogen and oxygen atoms in total. The molecule has 0 radical (unpaired) electrons. The Balaban J connectivity index is 1.69. The van der Waals surface area contributed by atoms with Crippen molar-refractivity contribution in [3.8, 4) is 0 Å². The first-order chi connectivity index (χ1) is 8.86. The maximum absolute atomic E-state index is 4.61. The molecule has 2 aliphatic rings. The van der Waals surface area contributed by atoms with Crippen LogP contribution in [0.1, 0.15) is 38.2 Å². The molecular formula is C15H23N3. The highest BCUT2D eigenvalue weighted by Crippen LogP contribution is 2.27. The van der Waals surface area contributed by atoms with Gasteiger partial charge in [-0.3, -0.25) is 0 Å². The molecule has 3 rings (SSSR count). The largest absolute Gasteiger partial charge is 0.356 e. The van der Waals surface area contributed by atoms with Crippen molar-refractivity contribution >= 4 is 5.82 Å². The number of anilines is 1. The molecule has 1 N–H and O–H groups in total. The predicted molar refractivity (Wildman–Crippen MR) is 74.7 cm³/mol. The number of aromatic nitrogens is 1. The molecule has 3 heteroatoms. The first-order valence-electron chi connectivity index (χ1n) is 7.29. The Labute approximate surface area is 110 Å². The van der Waals surface area contributed by atoms with E-state index in [-0.39, 0.29) is 0 Å². The molecule has 98 valence electrons. The number of nitrogens with zero attached hydrogens (tertiary/aromatic N) is 2. The van der Waals surface area contributed by atoms with Gasteiger partial charge in [-0.05, 0) is 31.2 Å². The van der Waals surface area contributed by atoms with E-state index in [9.17, 15) is 0 Å². The van der Waals surface area contributed by atoms with E-state index in [2.05, 4.69) is 34.3 Å². The van der Waals surface area contributed by atoms with Crippen LogP contribution < -0.4 is 10.2 Å². The van der Waals surface area contributed by atoms with E-state index in [4.69, 9.17) is 0 Å². The van der Waals surface area contributed by atoms with Crippen LogP contribution in [-0.4, -0.2) is 24.1 Å². The average molecular weight is 245 g/mol. The lowest BCUT2D eigenvalue weighted by Gasteiger charge is -2.20. The molecule has 0 aromatic carbocycles. The summed E-state index contributed by atoms with van der Waals surface area (Å²) in [6.07, 6.45) is 7.23. The second kappa shape index (κ2) is 5.27. The lowest BCUT2D eigenvalue weighted by atomic mass is 10.1. The topological polar surface area (TPSA) is 28.2 Å². The Morgan fingerprint density at radius 2 is 2.28 bits per heavy atom. The summed E-state index contributed by atoms with van der Waals surface area (Å²) >= 11 is 0. The van der Waals surface area contributed by atoms with E-state index in [1.807, 2.05) is 6.20 Å². The number of rotatable bonds is 5. The van der Waals surface area contributed by atoms with Crippen LogP contribution in [0.2, 0.25) is 0 Å². The third-order valence-corrected chi connectivity index (χ3v) is 4.19. The zero-order valence-electron chi connectivity index (χ0n) is 11.2. The van der Waals surface area contributed by atoms with Gasteiger partial charge in [0.05, 0.1) is 0 Å². The van der Waals surface area contributed by atoms with Gasteiger partial charge in [0.2, 0.25) is 0 Å². The molecule has 1 saturated carbocycles. The SMILES string of the molecule is CCC1CCN(c2ncccc2CNC2CC2)C1. The number of hydrogen-bond acceptors (Lipinski definition) is 3. The van der Waals surface area contributed by atoms with Gasteiger partial charge in [0.25, 0.3) is 0 Å². The maximum atomic E-state index is 4.61. The van der Waals surface area contributed by atoms with Crippen molar-refractivity contribution in [1.29, 1.82) is 0 Å². The Morgan fingerprint density at radius 1 is 1.39 bits per heavy atom. The van der Waals surface area contributed by atoms with E-state index in [1.165, 1.54) is 50.2 Å². The summed E-state index contributed by atoms with van der Waals surface area (Å²) in [5.41, 5.74) is 1.36. The Morgan fingerprint density at radius 3 is 3.00 bits per heavy atom. The second-order valence-corrected chi connectivity index (χ2v) is 5.65. The summed E-state index contributed by atoms with van der Waals surface area (Å²) in [7, 11) is 0. The van der Waals surface area contributed by atoms with Crippen LogP contribution in [0.25, 0.3) is 0 Å². The normalized spacial score (nSPS) is 23.6. The van der Waals surface area contributed by atoms with Gasteiger partial charge >= 0.3 is 0 Å². The van der Waals surface area contributed by atoms with E-state index in [1.54, 1.807) is 0 Å². The van der Waals surface area contributed by atoms with E-state index in [0.29, 0.717) is 0 Å². The molecule has 1 saturated heterocycles. The van der Waals surface area contributed by atoms with Crippen molar-refractivity contribution in [3.05, 3.63) is 23.9 Å². The monoisotopic (exact) mass is 245 g/mol. The lowest BCUT2D eigenvalue weighted by Crippen LogP contribution is -2.24. The van der Waals surface area contributed by atoms with Gasteiger partial charge in [-0.1, -0.05) is 19.4 Å². The highest BCUT2D eigenvalue weighted by atomic mass is 15.2. The Kier molecular flexibility index (Phi) is 3.50. The van der Waals surface area contributed by atoms with Crippen molar-refractivity contribution in [2.24, 2.45) is 5.92 Å². The minimum atomic E-state index is 0.764. The van der Waals surface area contributed by atoms with Crippen molar-refractivity contribution in [2.45, 2.75) is 45.2 Å². The highest BCUT2D eigenvalue weighted by molar-refractivity contribution is 5.47. The summed E-state index contributed by atoms with van der Waals surface area (Å²) in [5, 5.41) is 3.60. The summed E-state index contributed by atoms with van der Waals surface area (Å²) in [6.45, 7) is 5.62. The summed E-state index contributed by atoms with van der Waals surface area (Å²) in [5.74, 6) is 2.07. The van der Waals surface area contributed by atoms with Crippen LogP contribution in [-0.2, 0) is 6.54 Å². The van der Waals surface area contributed by atoms with Crippen LogP contribution in [0.4, 0.5) is 5.82 Å². The first kappa shape index (κ1) is 12.0. The average Bonchev–Trinajstić information content (AvgIpc) is 3.12. The molecule has 0 spiro atoms. The number of hydrogen-bond donors (Lipinski definition) is 1. The molecule has 1 aliphatic heterocycles. The smallest absolute Gasteiger partial charge is 0.133 e. The van der Waals surface area contributed by atoms with Crippen molar-refractivity contribution < 1.29 is 0 Å². The third kappa shape index (κ3) is 2.66. The fourth-order valence-corrected chi connectivity index (χ4v) is 2.75. The van der Waals surface area contributed by atoms with Crippen LogP contribution in [0.5, 0.6) is 0 Å². The van der Waals surface area contributed by atoms with Gasteiger partial charge in [0, 0.05) is 37.4 Å². The summed E-state index contributed by atoms with van der Waals surface area (Å²) in [6, 6.07) is 5.04. The van der Waals surface area contributed by atoms with Gasteiger partial charge < -0.3 is 10.2 Å². The van der Waals surface area contributed by atoms with Crippen molar-refractivity contribution in [2.75, 3.05) is 18.0 Å². The van der Waals surface area contributed by atoms with Crippen LogP contribution in [0, 0.1) is 5.92 Å². The third-order valence-electron chi connectivity index (χ3n) is 4.19. The van der Waals surface area contributed by atoms with Crippen LogP contribution >= 0.6 is 0 Å². The fraction of sp³-hybridized carbons (Fsp3) is 0.667. The van der Waals surface area contributed by atoms with E-state index in [0.717, 1.165) is 18.5 Å². The van der Waals surface area contributed by atoms with Crippen LogP contribution in [0.15, 0.2) is 18.3 Å². The molecule has 0 bridgehead atoms. The Bertz CT molecular complexity index is 400. The quantitative estimate of drug-likeness (QED) is 0.864. The number of pyridine rings is 1. The zero-order valence-corrected chi connectivity index (χ0v) is 11.2. The summed E-state index contributed by atoms with van der Waals surface area (Å²) < 4.78 is 0. The molecule has 1 atom stereocenters. The summed E-state index contributed by atoms with van der Waals surface area (Å²) in [4.78, 5) is 7.08. The van der Waals surface area contributed by atoms with Gasteiger partial charge in [-0.25, -0.2) is 4.98 Å². The molecule has 1 aromatic rings. The maximum Gasteiger partial charge on any atom is 0.133 e. The predicted octanol–water partition coefficient (Wildman–Crippen LogP) is 2.57. The highest BCUT2D eigenvalue weighted by Gasteiger charge is 2.25. The molecular weight excluding hydrogens is 222 g/mol. The first-order valence-corrected chi connectivity index (χ1v) is 7.29. The van der Waals surface area contributed by atoms with E-state index < -0.39 is 0 Å². The van der Waals surface area contributed by atoms with Crippen LogP contribution in [0.3, 0.4) is 0 Å². The second-order valence-electron chi connectivity index (χ2n) is 5.65. The molecule has 1 aromatic heterocycles. The van der Waals surface area contributed by atoms with Gasteiger partial charge in [0.15, 0.2) is 0 Å². The minimum Gasteiger partial charge on any atom is -0.356 e. The van der Waals surface area contributed by atoms with Crippen molar-refractivity contribution in [3.63, 3.8) is 0 Å². The van der Waals surface area contributed by atoms with Gasteiger partial charge in [-0.2, -0.15) is 0 Å². The molecule has 1 aliphatic carbocycles. The van der Waals surface area contributed by atoms with Gasteiger partial charge in [-0.15, -0.1) is 0 Å². The van der Waals surface area contributed by atoms with E-state index >= 15 is 0 Å². The molecule has 2 fully saturated rings. The lowest BCUT2D eigenvalue weighted by molar-refractivity contribution is 0.568. The Hall–Kier alpha value is -1.09.